The van der Waals surface area contributed by atoms with Gasteiger partial charge in [-0.25, -0.2) is 4.99 Å². The van der Waals surface area contributed by atoms with Gasteiger partial charge in [-0.1, -0.05) is 0 Å². The van der Waals surface area contributed by atoms with E-state index in [1.165, 1.54) is 0 Å². The van der Waals surface area contributed by atoms with Gasteiger partial charge in [-0.05, 0) is 39.3 Å². The third-order valence-corrected chi connectivity index (χ3v) is 2.97. The molecule has 1 saturated heterocycles. The van der Waals surface area contributed by atoms with Crippen LogP contribution in [0.2, 0.25) is 0 Å². The summed E-state index contributed by atoms with van der Waals surface area (Å²) >= 11 is 0. The highest BCUT2D eigenvalue weighted by atomic mass is 16.5. The molecule has 4 nitrogen and oxygen atoms in total. The molecule has 0 atom stereocenters. The smallest absolute Gasteiger partial charge is 0.129 e. The maximum absolute atomic E-state index is 7.55. The molecular weight excluding hydrogens is 202 g/mol. The molecule has 0 radical (unpaired) electrons. The molecule has 0 spiro atoms. The Balaban J connectivity index is 2.47. The maximum Gasteiger partial charge on any atom is 0.129 e. The van der Waals surface area contributed by atoms with Crippen LogP contribution in [-0.4, -0.2) is 32.2 Å². The molecule has 1 heterocycles. The first-order valence-corrected chi connectivity index (χ1v) is 5.70. The van der Waals surface area contributed by atoms with E-state index in [0.717, 1.165) is 44.0 Å². The summed E-state index contributed by atoms with van der Waals surface area (Å²) in [6.45, 7) is 9.79. The molecule has 0 aliphatic carbocycles. The summed E-state index contributed by atoms with van der Waals surface area (Å²) < 4.78 is 5.31. The van der Waals surface area contributed by atoms with Crippen LogP contribution in [0.3, 0.4) is 0 Å². The minimum atomic E-state index is 0.530. The number of hydrogen-bond donors (Lipinski definition) is 2. The molecular formula is C12H21N3O. The largest absolute Gasteiger partial charge is 0.381 e. The van der Waals surface area contributed by atoms with Crippen molar-refractivity contribution in [2.75, 3.05) is 19.8 Å². The van der Waals surface area contributed by atoms with E-state index in [9.17, 15) is 0 Å². The molecule has 0 aromatic carbocycles. The van der Waals surface area contributed by atoms with Gasteiger partial charge in [-0.15, -0.1) is 0 Å². The number of nitrogens with zero attached hydrogens (tertiary/aromatic N) is 1. The fraction of sp³-hybridized carbons (Fsp3) is 0.667. The minimum absolute atomic E-state index is 0.530. The van der Waals surface area contributed by atoms with Gasteiger partial charge in [-0.3, -0.25) is 0 Å². The molecule has 1 rings (SSSR count). The molecule has 0 saturated carbocycles. The summed E-state index contributed by atoms with van der Waals surface area (Å²) in [6, 6.07) is 0. The zero-order valence-electron chi connectivity index (χ0n) is 10.2. The number of rotatable bonds is 5. The van der Waals surface area contributed by atoms with Crippen LogP contribution in [0.5, 0.6) is 0 Å². The van der Waals surface area contributed by atoms with Crippen LogP contribution in [0, 0.1) is 11.3 Å². The van der Waals surface area contributed by atoms with Crippen molar-refractivity contribution in [2.45, 2.75) is 26.7 Å². The first-order chi connectivity index (χ1) is 7.65. The van der Waals surface area contributed by atoms with Crippen molar-refractivity contribution < 1.29 is 4.74 Å². The molecule has 1 aliphatic rings. The summed E-state index contributed by atoms with van der Waals surface area (Å²) in [6.07, 6.45) is 2.19. The number of nitrogens with one attached hydrogen (secondary N) is 2. The van der Waals surface area contributed by atoms with Crippen LogP contribution in [0.4, 0.5) is 0 Å². The lowest BCUT2D eigenvalue weighted by atomic mass is 10.0. The van der Waals surface area contributed by atoms with Gasteiger partial charge in [0, 0.05) is 31.0 Å². The second-order valence-corrected chi connectivity index (χ2v) is 4.19. The van der Waals surface area contributed by atoms with E-state index < -0.39 is 0 Å². The number of hydrogen-bond acceptors (Lipinski definition) is 4. The van der Waals surface area contributed by atoms with Crippen molar-refractivity contribution in [1.29, 1.82) is 5.41 Å². The van der Waals surface area contributed by atoms with Gasteiger partial charge in [0.1, 0.15) is 5.82 Å². The number of ether oxygens (including phenoxy) is 1. The van der Waals surface area contributed by atoms with Crippen LogP contribution >= 0.6 is 0 Å². The van der Waals surface area contributed by atoms with E-state index in [1.807, 2.05) is 6.92 Å². The predicted octanol–water partition coefficient (Wildman–Crippen LogP) is 1.97. The van der Waals surface area contributed by atoms with Gasteiger partial charge in [0.15, 0.2) is 0 Å². The van der Waals surface area contributed by atoms with Gasteiger partial charge < -0.3 is 15.5 Å². The van der Waals surface area contributed by atoms with Crippen molar-refractivity contribution in [3.05, 3.63) is 11.4 Å². The molecule has 1 aliphatic heterocycles. The van der Waals surface area contributed by atoms with Crippen molar-refractivity contribution in [2.24, 2.45) is 10.9 Å². The average molecular weight is 223 g/mol. The molecule has 0 aromatic rings. The third-order valence-electron chi connectivity index (χ3n) is 2.97. The predicted molar refractivity (Wildman–Crippen MR) is 67.2 cm³/mol. The van der Waals surface area contributed by atoms with E-state index >= 15 is 0 Å². The van der Waals surface area contributed by atoms with Gasteiger partial charge in [0.05, 0.1) is 0 Å². The minimum Gasteiger partial charge on any atom is -0.381 e. The lowest BCUT2D eigenvalue weighted by molar-refractivity contribution is 0.0670. The summed E-state index contributed by atoms with van der Waals surface area (Å²) in [4.78, 5) is 3.94. The lowest BCUT2D eigenvalue weighted by Crippen LogP contribution is -2.27. The fourth-order valence-electron chi connectivity index (χ4n) is 1.68. The van der Waals surface area contributed by atoms with Crippen LogP contribution in [0.15, 0.2) is 16.4 Å². The molecule has 0 aromatic heterocycles. The Kier molecular flexibility index (Phi) is 5.19. The summed E-state index contributed by atoms with van der Waals surface area (Å²) in [5, 5.41) is 10.8. The molecule has 16 heavy (non-hydrogen) atoms. The summed E-state index contributed by atoms with van der Waals surface area (Å²) in [5.41, 5.74) is 1.39. The normalized spacial score (nSPS) is 18.9. The van der Waals surface area contributed by atoms with Gasteiger partial charge >= 0.3 is 0 Å². The second kappa shape index (κ2) is 6.43. The monoisotopic (exact) mass is 223 g/mol. The van der Waals surface area contributed by atoms with Crippen molar-refractivity contribution in [3.8, 4) is 0 Å². The SMILES string of the molecule is C=N/C(NCC1CCOCC1)=C(/C)C(C)=N. The van der Waals surface area contributed by atoms with Crippen LogP contribution in [0.25, 0.3) is 0 Å². The average Bonchev–Trinajstić information content (AvgIpc) is 2.30. The van der Waals surface area contributed by atoms with Crippen LogP contribution in [-0.2, 0) is 4.74 Å². The van der Waals surface area contributed by atoms with E-state index in [4.69, 9.17) is 10.1 Å². The summed E-state index contributed by atoms with van der Waals surface area (Å²) in [5.74, 6) is 1.38. The first kappa shape index (κ1) is 12.9. The van der Waals surface area contributed by atoms with Crippen LogP contribution in [0.1, 0.15) is 26.7 Å². The van der Waals surface area contributed by atoms with E-state index in [2.05, 4.69) is 17.0 Å². The Bertz CT molecular complexity index is 291. The topological polar surface area (TPSA) is 57.5 Å². The van der Waals surface area contributed by atoms with Gasteiger partial charge in [-0.2, -0.15) is 0 Å². The van der Waals surface area contributed by atoms with Gasteiger partial charge in [0.2, 0.25) is 0 Å². The Hall–Kier alpha value is -1.16. The maximum atomic E-state index is 7.55. The molecule has 1 fully saturated rings. The molecule has 0 bridgehead atoms. The van der Waals surface area contributed by atoms with Crippen molar-refractivity contribution >= 4 is 12.4 Å². The van der Waals surface area contributed by atoms with Crippen molar-refractivity contribution in [3.63, 3.8) is 0 Å². The highest BCUT2D eigenvalue weighted by Crippen LogP contribution is 2.14. The number of aliphatic imine (C=N–C) groups is 1. The fourth-order valence-corrected chi connectivity index (χ4v) is 1.68. The Morgan fingerprint density at radius 1 is 1.44 bits per heavy atom. The zero-order valence-corrected chi connectivity index (χ0v) is 10.2. The van der Waals surface area contributed by atoms with Crippen LogP contribution < -0.4 is 5.32 Å². The van der Waals surface area contributed by atoms with E-state index in [0.29, 0.717) is 11.6 Å². The standard InChI is InChI=1S/C12H21N3O/c1-9(10(2)13)12(14-3)15-8-11-4-6-16-7-5-11/h11,13,15H,3-8H2,1-2H3/b12-9+,13-10?. The molecule has 4 heteroatoms. The highest BCUT2D eigenvalue weighted by Gasteiger charge is 2.14. The van der Waals surface area contributed by atoms with Crippen molar-refractivity contribution in [1.82, 2.24) is 5.32 Å². The first-order valence-electron chi connectivity index (χ1n) is 5.70. The van der Waals surface area contributed by atoms with E-state index in [-0.39, 0.29) is 0 Å². The quantitative estimate of drug-likeness (QED) is 0.700. The molecule has 0 amide bonds. The number of allylic oxidation sites excluding steroid dienone is 1. The molecule has 0 unspecified atom stereocenters. The Morgan fingerprint density at radius 2 is 2.06 bits per heavy atom. The second-order valence-electron chi connectivity index (χ2n) is 4.19. The zero-order chi connectivity index (χ0) is 12.0. The Labute approximate surface area is 97.3 Å². The highest BCUT2D eigenvalue weighted by molar-refractivity contribution is 5.95. The Morgan fingerprint density at radius 3 is 2.56 bits per heavy atom. The lowest BCUT2D eigenvalue weighted by Gasteiger charge is -2.23. The molecule has 2 N–H and O–H groups in total. The van der Waals surface area contributed by atoms with Gasteiger partial charge in [0.25, 0.3) is 0 Å². The summed E-state index contributed by atoms with van der Waals surface area (Å²) in [7, 11) is 0. The molecule has 90 valence electrons. The third kappa shape index (κ3) is 3.77. The van der Waals surface area contributed by atoms with E-state index in [1.54, 1.807) is 6.92 Å².